The van der Waals surface area contributed by atoms with Crippen LogP contribution < -0.4 is 0 Å². The van der Waals surface area contributed by atoms with E-state index in [9.17, 15) is 0 Å². The highest BCUT2D eigenvalue weighted by atomic mass is 14.3. The fourth-order valence-corrected chi connectivity index (χ4v) is 9.70. The molecule has 4 fully saturated rings. The summed E-state index contributed by atoms with van der Waals surface area (Å²) in [5.41, 5.74) is 8.17. The topological polar surface area (TPSA) is 0 Å². The third-order valence-electron chi connectivity index (χ3n) is 13.7. The van der Waals surface area contributed by atoms with Gasteiger partial charge in [-0.2, -0.15) is 0 Å². The van der Waals surface area contributed by atoms with Crippen molar-refractivity contribution < 1.29 is 0 Å². The molecule has 4 aliphatic carbocycles. The molecule has 0 nitrogen and oxygen atoms in total. The van der Waals surface area contributed by atoms with Crippen LogP contribution in [0.2, 0.25) is 0 Å². The fourth-order valence-electron chi connectivity index (χ4n) is 9.70. The lowest BCUT2D eigenvalue weighted by Crippen LogP contribution is -2.18. The molecular formula is C52H92. The van der Waals surface area contributed by atoms with E-state index in [2.05, 4.69) is 161 Å². The van der Waals surface area contributed by atoms with Gasteiger partial charge in [0.1, 0.15) is 0 Å². The van der Waals surface area contributed by atoms with E-state index in [1.54, 1.807) is 0 Å². The first-order chi connectivity index (χ1) is 24.2. The highest BCUT2D eigenvalue weighted by Gasteiger charge is 2.26. The lowest BCUT2D eigenvalue weighted by Gasteiger charge is -2.29. The van der Waals surface area contributed by atoms with E-state index in [0.717, 1.165) is 71.0 Å². The highest BCUT2D eigenvalue weighted by Crippen LogP contribution is 2.36. The van der Waals surface area contributed by atoms with Gasteiger partial charge in [0.2, 0.25) is 0 Å². The Hall–Kier alpha value is -1.56. The molecule has 2 aromatic carbocycles. The summed E-state index contributed by atoms with van der Waals surface area (Å²) in [4.78, 5) is 0. The van der Waals surface area contributed by atoms with Crippen LogP contribution in [-0.4, -0.2) is 0 Å². The Labute approximate surface area is 328 Å². The average molecular weight is 717 g/mol. The van der Waals surface area contributed by atoms with Crippen LogP contribution in [-0.2, 0) is 0 Å². The molecule has 6 rings (SSSR count). The van der Waals surface area contributed by atoms with Gasteiger partial charge < -0.3 is 0 Å². The van der Waals surface area contributed by atoms with Crippen molar-refractivity contribution in [3.05, 3.63) is 69.8 Å². The molecule has 0 amide bonds. The van der Waals surface area contributed by atoms with Crippen molar-refractivity contribution in [2.45, 2.75) is 189 Å². The zero-order chi connectivity index (χ0) is 39.7. The van der Waals surface area contributed by atoms with Gasteiger partial charge in [-0.3, -0.25) is 0 Å². The Morgan fingerprint density at radius 3 is 0.923 bits per heavy atom. The third-order valence-corrected chi connectivity index (χ3v) is 13.7. The molecule has 0 bridgehead atoms. The van der Waals surface area contributed by atoms with Crippen molar-refractivity contribution in [3.63, 3.8) is 0 Å². The standard InChI is InChI=1S/C9H18.C9H12.C9H18.C9H12.2C8H16/c2*1-7-4-8(2)6-9(3)5-7;2*1-7-4-5-8(2)9(3)6-7;1-6-4-7(2)8(3)5-6;1-6-4-5-7(2)8(6)3/h7-9H,4-6H2,1-3H3;4-6H,1-3H3;7-9H,4-6H2,1-3H3;4-6H,1-3H3;2*6-8H,4-5H2,1-3H3. The summed E-state index contributed by atoms with van der Waals surface area (Å²) >= 11 is 0. The van der Waals surface area contributed by atoms with Crippen molar-refractivity contribution in [1.82, 2.24) is 0 Å². The first kappa shape index (κ1) is 48.5. The van der Waals surface area contributed by atoms with Crippen LogP contribution in [0, 0.1) is 113 Å². The quantitative estimate of drug-likeness (QED) is 0.255. The summed E-state index contributed by atoms with van der Waals surface area (Å²) in [6.07, 6.45) is 14.6. The van der Waals surface area contributed by atoms with Crippen LogP contribution in [0.3, 0.4) is 0 Å². The fraction of sp³-hybridized carbons (Fsp3) is 0.769. The zero-order valence-electron chi connectivity index (χ0n) is 38.5. The van der Waals surface area contributed by atoms with Crippen LogP contribution in [0.1, 0.15) is 181 Å². The molecule has 52 heavy (non-hydrogen) atoms. The van der Waals surface area contributed by atoms with Crippen molar-refractivity contribution in [3.8, 4) is 0 Å². The van der Waals surface area contributed by atoms with Crippen molar-refractivity contribution in [1.29, 1.82) is 0 Å². The second kappa shape index (κ2) is 24.8. The molecule has 0 aromatic heterocycles. The Morgan fingerprint density at radius 1 is 0.308 bits per heavy atom. The van der Waals surface area contributed by atoms with E-state index in [-0.39, 0.29) is 0 Å². The predicted molar refractivity (Wildman–Crippen MR) is 237 cm³/mol. The third kappa shape index (κ3) is 20.2. The minimum Gasteiger partial charge on any atom is -0.0625 e. The molecule has 4 saturated carbocycles. The maximum atomic E-state index is 2.39. The molecule has 0 spiro atoms. The molecule has 4 aliphatic rings. The highest BCUT2D eigenvalue weighted by molar-refractivity contribution is 5.29. The predicted octanol–water partition coefficient (Wildman–Crippen LogP) is 16.8. The number of benzene rings is 2. The van der Waals surface area contributed by atoms with Gasteiger partial charge >= 0.3 is 0 Å². The molecule has 7 unspecified atom stereocenters. The lowest BCUT2D eigenvalue weighted by molar-refractivity contribution is 0.220. The summed E-state index contributed by atoms with van der Waals surface area (Å²) in [5.74, 6) is 11.9. The van der Waals surface area contributed by atoms with Gasteiger partial charge in [-0.15, -0.1) is 0 Å². The lowest BCUT2D eigenvalue weighted by atomic mass is 9.77. The Kier molecular flexibility index (Phi) is 23.1. The van der Waals surface area contributed by atoms with Gasteiger partial charge in [0.05, 0.1) is 0 Å². The van der Waals surface area contributed by atoms with E-state index >= 15 is 0 Å². The molecule has 0 saturated heterocycles. The van der Waals surface area contributed by atoms with E-state index in [4.69, 9.17) is 0 Å². The minimum atomic E-state index is 0.980. The van der Waals surface area contributed by atoms with Gasteiger partial charge in [0.25, 0.3) is 0 Å². The molecule has 300 valence electrons. The smallest absolute Gasteiger partial charge is 0.0391 e. The summed E-state index contributed by atoms with van der Waals surface area (Å²) in [5, 5.41) is 0. The number of rotatable bonds is 0. The molecule has 7 atom stereocenters. The number of hydrogen-bond acceptors (Lipinski definition) is 0. The molecule has 0 N–H and O–H groups in total. The molecular weight excluding hydrogens is 625 g/mol. The summed E-state index contributed by atoms with van der Waals surface area (Å²) in [6, 6.07) is 13.1. The van der Waals surface area contributed by atoms with Crippen LogP contribution in [0.4, 0.5) is 0 Å². The van der Waals surface area contributed by atoms with Gasteiger partial charge in [-0.25, -0.2) is 0 Å². The summed E-state index contributed by atoms with van der Waals surface area (Å²) in [7, 11) is 0. The van der Waals surface area contributed by atoms with Crippen molar-refractivity contribution >= 4 is 0 Å². The van der Waals surface area contributed by atoms with Crippen LogP contribution in [0.15, 0.2) is 36.4 Å². The summed E-state index contributed by atoms with van der Waals surface area (Å²) < 4.78 is 0. The maximum absolute atomic E-state index is 2.39. The first-order valence-corrected chi connectivity index (χ1v) is 22.3. The SMILES string of the molecule is CC1CC(C)C(C)C1.CC1CC(C)CC(C)C1.CC1CCC(C)C(C)C1.CC1CCC(C)C1C.Cc1cc(C)cc(C)c1.Cc1ccc(C)c(C)c1. The largest absolute Gasteiger partial charge is 0.0625 e. The number of hydrogen-bond donors (Lipinski definition) is 0. The normalized spacial score (nSPS) is 33.6. The monoisotopic (exact) mass is 717 g/mol. The van der Waals surface area contributed by atoms with Crippen molar-refractivity contribution in [2.75, 3.05) is 0 Å². The average Bonchev–Trinajstić information content (AvgIpc) is 3.49. The Bertz CT molecular complexity index is 1130. The summed E-state index contributed by atoms with van der Waals surface area (Å²) in [6.45, 7) is 41.3. The van der Waals surface area contributed by atoms with Crippen LogP contribution >= 0.6 is 0 Å². The van der Waals surface area contributed by atoms with Crippen LogP contribution in [0.25, 0.3) is 0 Å². The van der Waals surface area contributed by atoms with Gasteiger partial charge in [-0.1, -0.05) is 167 Å². The molecule has 0 radical (unpaired) electrons. The van der Waals surface area contributed by atoms with Gasteiger partial charge in [0, 0.05) is 0 Å². The second-order valence-electron chi connectivity index (χ2n) is 20.1. The van der Waals surface area contributed by atoms with Crippen LogP contribution in [0.5, 0.6) is 0 Å². The molecule has 2 aromatic rings. The van der Waals surface area contributed by atoms with E-state index < -0.39 is 0 Å². The number of aryl methyl sites for hydroxylation is 6. The van der Waals surface area contributed by atoms with E-state index in [1.165, 1.54) is 97.6 Å². The van der Waals surface area contributed by atoms with E-state index in [1.807, 2.05) is 0 Å². The second-order valence-corrected chi connectivity index (χ2v) is 20.1. The molecule has 0 heteroatoms. The molecule has 0 aliphatic heterocycles. The van der Waals surface area contributed by atoms with E-state index in [0.29, 0.717) is 0 Å². The minimum absolute atomic E-state index is 0.980. The Morgan fingerprint density at radius 2 is 0.654 bits per heavy atom. The maximum Gasteiger partial charge on any atom is -0.0391 e. The first-order valence-electron chi connectivity index (χ1n) is 22.3. The zero-order valence-corrected chi connectivity index (χ0v) is 38.5. The Balaban J connectivity index is 0.000000312. The molecule has 0 heterocycles. The van der Waals surface area contributed by atoms with Crippen molar-refractivity contribution in [2.24, 2.45) is 71.0 Å². The van der Waals surface area contributed by atoms with Gasteiger partial charge in [-0.05, 0) is 162 Å². The van der Waals surface area contributed by atoms with Gasteiger partial charge in [0.15, 0.2) is 0 Å².